The standard InChI is InChI=1S/C8H16N2O3/c1-3-6(12-2)4-10-8(11)7(9)5-13-10/h6-7H,3-5,9H2,1-2H3. The van der Waals surface area contributed by atoms with Crippen molar-refractivity contribution in [3.05, 3.63) is 0 Å². The third-order valence-electron chi connectivity index (χ3n) is 2.13. The third kappa shape index (κ3) is 2.40. The lowest BCUT2D eigenvalue weighted by Crippen LogP contribution is -2.38. The Labute approximate surface area is 77.7 Å². The highest BCUT2D eigenvalue weighted by molar-refractivity contribution is 5.82. The minimum atomic E-state index is -0.505. The van der Waals surface area contributed by atoms with Crippen LogP contribution < -0.4 is 5.73 Å². The van der Waals surface area contributed by atoms with E-state index in [0.29, 0.717) is 6.54 Å². The summed E-state index contributed by atoms with van der Waals surface area (Å²) in [6.45, 7) is 2.73. The van der Waals surface area contributed by atoms with Gasteiger partial charge in [0.2, 0.25) is 0 Å². The van der Waals surface area contributed by atoms with Crippen molar-refractivity contribution in [2.24, 2.45) is 5.73 Å². The Balaban J connectivity index is 2.41. The van der Waals surface area contributed by atoms with E-state index in [1.54, 1.807) is 7.11 Å². The number of nitrogens with zero attached hydrogens (tertiary/aromatic N) is 1. The first-order chi connectivity index (χ1) is 6.19. The van der Waals surface area contributed by atoms with Crippen LogP contribution in [0.5, 0.6) is 0 Å². The number of hydroxylamine groups is 2. The lowest BCUT2D eigenvalue weighted by atomic mass is 10.2. The van der Waals surface area contributed by atoms with Crippen molar-refractivity contribution in [1.82, 2.24) is 5.06 Å². The second-order valence-corrected chi connectivity index (χ2v) is 3.07. The van der Waals surface area contributed by atoms with Gasteiger partial charge in [-0.05, 0) is 6.42 Å². The van der Waals surface area contributed by atoms with Gasteiger partial charge in [-0.1, -0.05) is 6.92 Å². The van der Waals surface area contributed by atoms with Crippen molar-refractivity contribution < 1.29 is 14.4 Å². The maximum atomic E-state index is 11.3. The van der Waals surface area contributed by atoms with Crippen molar-refractivity contribution in [1.29, 1.82) is 0 Å². The molecule has 2 N–H and O–H groups in total. The van der Waals surface area contributed by atoms with Crippen LogP contribution in [-0.2, 0) is 14.4 Å². The molecule has 13 heavy (non-hydrogen) atoms. The molecule has 0 aromatic heterocycles. The van der Waals surface area contributed by atoms with Crippen LogP contribution in [0.2, 0.25) is 0 Å². The summed E-state index contributed by atoms with van der Waals surface area (Å²) in [6, 6.07) is -0.505. The number of methoxy groups -OCH3 is 1. The Kier molecular flexibility index (Phi) is 3.65. The summed E-state index contributed by atoms with van der Waals surface area (Å²) in [4.78, 5) is 16.4. The van der Waals surface area contributed by atoms with Gasteiger partial charge >= 0.3 is 0 Å². The van der Waals surface area contributed by atoms with Crippen LogP contribution in [0.1, 0.15) is 13.3 Å². The molecule has 2 atom stereocenters. The maximum Gasteiger partial charge on any atom is 0.265 e. The highest BCUT2D eigenvalue weighted by Crippen LogP contribution is 2.09. The minimum absolute atomic E-state index is 0.0225. The molecule has 1 rings (SSSR count). The number of nitrogens with two attached hydrogens (primary N) is 1. The monoisotopic (exact) mass is 188 g/mol. The predicted molar refractivity (Wildman–Crippen MR) is 46.7 cm³/mol. The molecule has 1 amide bonds. The molecule has 0 aromatic carbocycles. The summed E-state index contributed by atoms with van der Waals surface area (Å²) >= 11 is 0. The molecule has 1 aliphatic heterocycles. The number of amides is 1. The number of carbonyl (C=O) groups is 1. The molecule has 1 fully saturated rings. The molecule has 5 heteroatoms. The van der Waals surface area contributed by atoms with E-state index in [2.05, 4.69) is 0 Å². The van der Waals surface area contributed by atoms with Gasteiger partial charge in [-0.2, -0.15) is 0 Å². The topological polar surface area (TPSA) is 64.8 Å². The van der Waals surface area contributed by atoms with Gasteiger partial charge in [-0.25, -0.2) is 5.06 Å². The van der Waals surface area contributed by atoms with Crippen molar-refractivity contribution in [3.8, 4) is 0 Å². The Bertz CT molecular complexity index is 182. The van der Waals surface area contributed by atoms with Crippen molar-refractivity contribution in [2.75, 3.05) is 20.3 Å². The molecule has 1 aliphatic rings. The van der Waals surface area contributed by atoms with Crippen LogP contribution in [0, 0.1) is 0 Å². The lowest BCUT2D eigenvalue weighted by Gasteiger charge is -2.19. The average molecular weight is 188 g/mol. The summed E-state index contributed by atoms with van der Waals surface area (Å²) in [5, 5.41) is 1.29. The van der Waals surface area contributed by atoms with Gasteiger partial charge in [-0.3, -0.25) is 9.63 Å². The van der Waals surface area contributed by atoms with E-state index < -0.39 is 6.04 Å². The molecule has 1 heterocycles. The number of ether oxygens (including phenoxy) is 1. The van der Waals surface area contributed by atoms with E-state index in [9.17, 15) is 4.79 Å². The maximum absolute atomic E-state index is 11.3. The zero-order valence-corrected chi connectivity index (χ0v) is 8.03. The zero-order chi connectivity index (χ0) is 9.84. The minimum Gasteiger partial charge on any atom is -0.380 e. The van der Waals surface area contributed by atoms with Crippen LogP contribution in [0.4, 0.5) is 0 Å². The lowest BCUT2D eigenvalue weighted by molar-refractivity contribution is -0.169. The number of hydrogen-bond donors (Lipinski definition) is 1. The highest BCUT2D eigenvalue weighted by Gasteiger charge is 2.31. The van der Waals surface area contributed by atoms with E-state index in [1.807, 2.05) is 6.92 Å². The molecule has 76 valence electrons. The van der Waals surface area contributed by atoms with Crippen LogP contribution in [0.3, 0.4) is 0 Å². The van der Waals surface area contributed by atoms with E-state index >= 15 is 0 Å². The molecule has 0 bridgehead atoms. The molecule has 0 aliphatic carbocycles. The van der Waals surface area contributed by atoms with E-state index in [0.717, 1.165) is 6.42 Å². The molecule has 0 saturated carbocycles. The molecule has 2 unspecified atom stereocenters. The summed E-state index contributed by atoms with van der Waals surface area (Å²) in [5.74, 6) is -0.157. The highest BCUT2D eigenvalue weighted by atomic mass is 16.7. The van der Waals surface area contributed by atoms with Gasteiger partial charge in [0.15, 0.2) is 0 Å². The zero-order valence-electron chi connectivity index (χ0n) is 8.03. The molecular weight excluding hydrogens is 172 g/mol. The summed E-state index contributed by atoms with van der Waals surface area (Å²) in [6.07, 6.45) is 0.869. The normalized spacial score (nSPS) is 25.3. The van der Waals surface area contributed by atoms with Crippen LogP contribution in [-0.4, -0.2) is 43.4 Å². The van der Waals surface area contributed by atoms with Crippen LogP contribution in [0.25, 0.3) is 0 Å². The van der Waals surface area contributed by atoms with E-state index in [-0.39, 0.29) is 18.6 Å². The molecule has 1 saturated heterocycles. The van der Waals surface area contributed by atoms with Crippen molar-refractivity contribution in [3.63, 3.8) is 0 Å². The number of carbonyl (C=O) groups excluding carboxylic acids is 1. The molecular formula is C8H16N2O3. The fourth-order valence-electron chi connectivity index (χ4n) is 1.19. The van der Waals surface area contributed by atoms with Gasteiger partial charge < -0.3 is 10.5 Å². The Hall–Kier alpha value is -0.650. The predicted octanol–water partition coefficient (Wildman–Crippen LogP) is -0.487. The van der Waals surface area contributed by atoms with Crippen molar-refractivity contribution in [2.45, 2.75) is 25.5 Å². The van der Waals surface area contributed by atoms with Crippen LogP contribution >= 0.6 is 0 Å². The quantitative estimate of drug-likeness (QED) is 0.646. The molecule has 0 aromatic rings. The molecule has 0 radical (unpaired) electrons. The first-order valence-corrected chi connectivity index (χ1v) is 4.41. The second-order valence-electron chi connectivity index (χ2n) is 3.07. The number of hydrogen-bond acceptors (Lipinski definition) is 4. The van der Waals surface area contributed by atoms with Gasteiger partial charge in [0.05, 0.1) is 19.3 Å². The van der Waals surface area contributed by atoms with Gasteiger partial charge in [0.1, 0.15) is 6.04 Å². The first kappa shape index (κ1) is 10.4. The van der Waals surface area contributed by atoms with Crippen molar-refractivity contribution >= 4 is 5.91 Å². The molecule has 5 nitrogen and oxygen atoms in total. The molecule has 0 spiro atoms. The fraction of sp³-hybridized carbons (Fsp3) is 0.875. The van der Waals surface area contributed by atoms with E-state index in [4.69, 9.17) is 15.3 Å². The first-order valence-electron chi connectivity index (χ1n) is 4.41. The SMILES string of the molecule is CCC(CN1OCC(N)C1=O)OC. The Morgan fingerprint density at radius 1 is 1.85 bits per heavy atom. The number of rotatable bonds is 4. The van der Waals surface area contributed by atoms with Gasteiger partial charge in [-0.15, -0.1) is 0 Å². The summed E-state index contributed by atoms with van der Waals surface area (Å²) < 4.78 is 5.13. The van der Waals surface area contributed by atoms with E-state index in [1.165, 1.54) is 5.06 Å². The Morgan fingerprint density at radius 2 is 2.54 bits per heavy atom. The average Bonchev–Trinajstić information content (AvgIpc) is 2.45. The van der Waals surface area contributed by atoms with Gasteiger partial charge in [0, 0.05) is 7.11 Å². The third-order valence-corrected chi connectivity index (χ3v) is 2.13. The summed E-state index contributed by atoms with van der Waals surface area (Å²) in [5.41, 5.74) is 5.47. The second kappa shape index (κ2) is 4.55. The largest absolute Gasteiger partial charge is 0.380 e. The fourth-order valence-corrected chi connectivity index (χ4v) is 1.19. The smallest absolute Gasteiger partial charge is 0.265 e. The Morgan fingerprint density at radius 3 is 2.92 bits per heavy atom. The summed E-state index contributed by atoms with van der Waals surface area (Å²) in [7, 11) is 1.62. The van der Waals surface area contributed by atoms with Gasteiger partial charge in [0.25, 0.3) is 5.91 Å². The van der Waals surface area contributed by atoms with Crippen LogP contribution in [0.15, 0.2) is 0 Å².